The lowest BCUT2D eigenvalue weighted by atomic mass is 10.2. The Morgan fingerprint density at radius 2 is 1.74 bits per heavy atom. The van der Waals surface area contributed by atoms with Crippen molar-refractivity contribution >= 4 is 29.1 Å². The van der Waals surface area contributed by atoms with Crippen molar-refractivity contribution in [3.63, 3.8) is 0 Å². The van der Waals surface area contributed by atoms with E-state index in [1.807, 2.05) is 0 Å². The number of anilines is 2. The van der Waals surface area contributed by atoms with Crippen LogP contribution in [0.15, 0.2) is 24.3 Å². The van der Waals surface area contributed by atoms with Crippen LogP contribution in [-0.4, -0.2) is 36.2 Å². The van der Waals surface area contributed by atoms with Crippen LogP contribution >= 0.6 is 0 Å². The van der Waals surface area contributed by atoms with Gasteiger partial charge < -0.3 is 10.6 Å². The van der Waals surface area contributed by atoms with Gasteiger partial charge in [-0.1, -0.05) is 0 Å². The predicted molar refractivity (Wildman–Crippen MR) is 70.2 cm³/mol. The number of rotatable bonds is 3. The van der Waals surface area contributed by atoms with Gasteiger partial charge >= 0.3 is 0 Å². The van der Waals surface area contributed by atoms with Crippen LogP contribution in [0.1, 0.15) is 12.8 Å². The third kappa shape index (κ3) is 2.73. The fourth-order valence-corrected chi connectivity index (χ4v) is 1.88. The van der Waals surface area contributed by atoms with Crippen molar-refractivity contribution in [1.29, 1.82) is 0 Å². The van der Waals surface area contributed by atoms with Gasteiger partial charge in [0.05, 0.1) is 0 Å². The molecule has 0 radical (unpaired) electrons. The van der Waals surface area contributed by atoms with Gasteiger partial charge in [-0.05, 0) is 24.3 Å². The number of imide groups is 1. The maximum absolute atomic E-state index is 12.0. The van der Waals surface area contributed by atoms with Gasteiger partial charge in [0.2, 0.25) is 17.7 Å². The van der Waals surface area contributed by atoms with E-state index in [0.717, 1.165) is 4.90 Å². The minimum atomic E-state index is -0.312. The van der Waals surface area contributed by atoms with Crippen LogP contribution in [0, 0.1) is 0 Å². The van der Waals surface area contributed by atoms with Crippen molar-refractivity contribution in [1.82, 2.24) is 4.90 Å². The molecule has 2 N–H and O–H groups in total. The zero-order valence-electron chi connectivity index (χ0n) is 10.6. The summed E-state index contributed by atoms with van der Waals surface area (Å²) < 4.78 is 0. The monoisotopic (exact) mass is 261 g/mol. The van der Waals surface area contributed by atoms with E-state index in [9.17, 15) is 14.4 Å². The van der Waals surface area contributed by atoms with E-state index < -0.39 is 0 Å². The summed E-state index contributed by atoms with van der Waals surface area (Å²) in [5, 5.41) is 0. The van der Waals surface area contributed by atoms with Crippen molar-refractivity contribution in [3.05, 3.63) is 24.3 Å². The average molecular weight is 261 g/mol. The number of carbonyl (C=O) groups excluding carboxylic acids is 3. The molecule has 0 bridgehead atoms. The van der Waals surface area contributed by atoms with Gasteiger partial charge in [-0.2, -0.15) is 0 Å². The molecular formula is C13H15N3O3. The summed E-state index contributed by atoms with van der Waals surface area (Å²) in [7, 11) is 1.60. The molecule has 3 amide bonds. The zero-order chi connectivity index (χ0) is 14.0. The number of nitrogens with zero attached hydrogens (tertiary/aromatic N) is 2. The number of carbonyl (C=O) groups is 3. The van der Waals surface area contributed by atoms with Crippen LogP contribution in [0.5, 0.6) is 0 Å². The highest BCUT2D eigenvalue weighted by Gasteiger charge is 2.31. The first-order valence-electron chi connectivity index (χ1n) is 5.94. The van der Waals surface area contributed by atoms with Gasteiger partial charge in [0.1, 0.15) is 6.54 Å². The standard InChI is InChI=1S/C13H15N3O3/c1-15(10-4-2-9(14)3-5-10)13(19)8-16-11(17)6-7-12(16)18/h2-5H,6-8,14H2,1H3. The molecule has 1 aromatic rings. The van der Waals surface area contributed by atoms with Crippen molar-refractivity contribution in [2.45, 2.75) is 12.8 Å². The van der Waals surface area contributed by atoms with Gasteiger partial charge in [-0.3, -0.25) is 19.3 Å². The van der Waals surface area contributed by atoms with Crippen molar-refractivity contribution in [2.75, 3.05) is 24.2 Å². The average Bonchev–Trinajstić information content (AvgIpc) is 2.70. The Labute approximate surface area is 110 Å². The first kappa shape index (κ1) is 13.1. The summed E-state index contributed by atoms with van der Waals surface area (Å²) in [4.78, 5) is 37.3. The third-order valence-electron chi connectivity index (χ3n) is 3.10. The Hall–Kier alpha value is -2.37. The molecule has 0 unspecified atom stereocenters. The van der Waals surface area contributed by atoms with Crippen LogP contribution in [0.4, 0.5) is 11.4 Å². The van der Waals surface area contributed by atoms with Gasteiger partial charge in [-0.15, -0.1) is 0 Å². The highest BCUT2D eigenvalue weighted by Crippen LogP contribution is 2.16. The smallest absolute Gasteiger partial charge is 0.246 e. The zero-order valence-corrected chi connectivity index (χ0v) is 10.6. The summed E-state index contributed by atoms with van der Waals surface area (Å²) in [6.07, 6.45) is 0.384. The second-order valence-corrected chi connectivity index (χ2v) is 4.42. The number of benzene rings is 1. The Balaban J connectivity index is 2.05. The maximum Gasteiger partial charge on any atom is 0.246 e. The van der Waals surface area contributed by atoms with Gasteiger partial charge in [0.25, 0.3) is 0 Å². The molecule has 1 aliphatic rings. The number of nitrogen functional groups attached to an aromatic ring is 1. The molecule has 6 heteroatoms. The van der Waals surface area contributed by atoms with Crippen molar-refractivity contribution < 1.29 is 14.4 Å². The molecule has 1 aromatic carbocycles. The van der Waals surface area contributed by atoms with Crippen LogP contribution in [0.3, 0.4) is 0 Å². The fourth-order valence-electron chi connectivity index (χ4n) is 1.88. The van der Waals surface area contributed by atoms with Crippen LogP contribution in [0.2, 0.25) is 0 Å². The molecule has 2 rings (SSSR count). The van der Waals surface area contributed by atoms with Gasteiger partial charge in [-0.25, -0.2) is 0 Å². The lowest BCUT2D eigenvalue weighted by Gasteiger charge is -2.20. The molecule has 0 spiro atoms. The molecule has 6 nitrogen and oxygen atoms in total. The number of hydrogen-bond acceptors (Lipinski definition) is 4. The summed E-state index contributed by atoms with van der Waals surface area (Å²) in [6, 6.07) is 6.79. The number of hydrogen-bond donors (Lipinski definition) is 1. The van der Waals surface area contributed by atoms with Crippen LogP contribution in [-0.2, 0) is 14.4 Å². The largest absolute Gasteiger partial charge is 0.399 e. The van der Waals surface area contributed by atoms with Crippen molar-refractivity contribution in [2.24, 2.45) is 0 Å². The van der Waals surface area contributed by atoms with Gasteiger partial charge in [0.15, 0.2) is 0 Å². The third-order valence-corrected chi connectivity index (χ3v) is 3.10. The molecule has 1 saturated heterocycles. The van der Waals surface area contributed by atoms with E-state index in [-0.39, 0.29) is 37.1 Å². The first-order valence-corrected chi connectivity index (χ1v) is 5.94. The highest BCUT2D eigenvalue weighted by molar-refractivity contribution is 6.06. The van der Waals surface area contributed by atoms with E-state index in [0.29, 0.717) is 11.4 Å². The molecule has 19 heavy (non-hydrogen) atoms. The van der Waals surface area contributed by atoms with E-state index in [2.05, 4.69) is 0 Å². The van der Waals surface area contributed by atoms with E-state index in [1.54, 1.807) is 31.3 Å². The molecule has 1 aliphatic heterocycles. The number of likely N-dealkylation sites (tertiary alicyclic amines) is 1. The Morgan fingerprint density at radius 3 is 2.26 bits per heavy atom. The molecule has 0 atom stereocenters. The van der Waals surface area contributed by atoms with E-state index in [1.165, 1.54) is 4.90 Å². The Morgan fingerprint density at radius 1 is 1.21 bits per heavy atom. The number of amides is 3. The highest BCUT2D eigenvalue weighted by atomic mass is 16.2. The Bertz CT molecular complexity index is 508. The van der Waals surface area contributed by atoms with Crippen LogP contribution in [0.25, 0.3) is 0 Å². The van der Waals surface area contributed by atoms with E-state index in [4.69, 9.17) is 5.73 Å². The summed E-state index contributed by atoms with van der Waals surface area (Å²) in [5.74, 6) is -0.888. The number of nitrogens with two attached hydrogens (primary N) is 1. The predicted octanol–water partition coefficient (Wildman–Crippen LogP) is 0.381. The molecule has 100 valence electrons. The molecule has 0 aliphatic carbocycles. The second kappa shape index (κ2) is 5.09. The van der Waals surface area contributed by atoms with E-state index >= 15 is 0 Å². The first-order chi connectivity index (χ1) is 8.99. The molecular weight excluding hydrogens is 246 g/mol. The summed E-state index contributed by atoms with van der Waals surface area (Å²) >= 11 is 0. The lowest BCUT2D eigenvalue weighted by Crippen LogP contribution is -2.40. The molecule has 1 fully saturated rings. The lowest BCUT2D eigenvalue weighted by molar-refractivity contribution is -0.141. The number of likely N-dealkylation sites (N-methyl/N-ethyl adjacent to an activating group) is 1. The maximum atomic E-state index is 12.0. The quantitative estimate of drug-likeness (QED) is 0.629. The van der Waals surface area contributed by atoms with Crippen molar-refractivity contribution in [3.8, 4) is 0 Å². The van der Waals surface area contributed by atoms with Crippen LogP contribution < -0.4 is 10.6 Å². The SMILES string of the molecule is CN(C(=O)CN1C(=O)CCC1=O)c1ccc(N)cc1. The summed E-state index contributed by atoms with van der Waals surface area (Å²) in [5.41, 5.74) is 6.84. The normalized spacial score (nSPS) is 14.9. The minimum absolute atomic E-state index is 0.192. The van der Waals surface area contributed by atoms with Gasteiger partial charge in [0, 0.05) is 31.3 Å². The second-order valence-electron chi connectivity index (χ2n) is 4.42. The topological polar surface area (TPSA) is 83.7 Å². The molecule has 0 saturated carbocycles. The minimum Gasteiger partial charge on any atom is -0.399 e. The fraction of sp³-hybridized carbons (Fsp3) is 0.308. The summed E-state index contributed by atoms with van der Waals surface area (Å²) in [6.45, 7) is -0.210. The Kier molecular flexibility index (Phi) is 3.50. The molecule has 1 heterocycles. The molecule has 0 aromatic heterocycles.